The molecule has 2 heterocycles. The summed E-state index contributed by atoms with van der Waals surface area (Å²) in [5.74, 6) is 0.833. The van der Waals surface area contributed by atoms with E-state index in [9.17, 15) is 0 Å². The lowest BCUT2D eigenvalue weighted by molar-refractivity contribution is 0.416. The molecule has 0 aliphatic carbocycles. The number of methoxy groups -OCH3 is 1. The Balaban J connectivity index is 2.21. The second-order valence-corrected chi connectivity index (χ2v) is 5.53. The highest BCUT2D eigenvalue weighted by atomic mass is 79.9. The molecule has 0 atom stereocenters. The van der Waals surface area contributed by atoms with Crippen LogP contribution >= 0.6 is 15.9 Å². The van der Waals surface area contributed by atoms with Crippen LogP contribution in [0.15, 0.2) is 35.1 Å². The molecule has 0 amide bonds. The van der Waals surface area contributed by atoms with Gasteiger partial charge in [-0.3, -0.25) is 0 Å². The highest BCUT2D eigenvalue weighted by Crippen LogP contribution is 2.31. The summed E-state index contributed by atoms with van der Waals surface area (Å²) in [7, 11) is 1.68. The van der Waals surface area contributed by atoms with Gasteiger partial charge in [-0.1, -0.05) is 0 Å². The van der Waals surface area contributed by atoms with Crippen molar-refractivity contribution in [1.29, 1.82) is 0 Å². The molecule has 0 saturated carbocycles. The van der Waals surface area contributed by atoms with E-state index in [1.165, 1.54) is 11.1 Å². The number of benzene rings is 1. The molecule has 0 bridgehead atoms. The number of rotatable bonds is 2. The van der Waals surface area contributed by atoms with E-state index in [0.717, 1.165) is 27.3 Å². The lowest BCUT2D eigenvalue weighted by Gasteiger charge is -2.11. The van der Waals surface area contributed by atoms with Crippen molar-refractivity contribution < 1.29 is 4.74 Å². The molecule has 0 aliphatic rings. The van der Waals surface area contributed by atoms with Crippen LogP contribution in [-0.4, -0.2) is 21.7 Å². The fourth-order valence-electron chi connectivity index (χ4n) is 2.16. The monoisotopic (exact) mass is 331 g/mol. The predicted molar refractivity (Wildman–Crippen MR) is 82.1 cm³/mol. The standard InChI is InChI=1S/C15H14BrN3O/c1-9-6-11(13(20-3)7-10(9)2)12-4-5-15-17-14(16)8-19(15)18-12/h4-8H,1-3H3. The molecule has 0 saturated heterocycles. The van der Waals surface area contributed by atoms with Gasteiger partial charge in [0.25, 0.3) is 0 Å². The Kier molecular flexibility index (Phi) is 3.22. The van der Waals surface area contributed by atoms with Crippen molar-refractivity contribution in [3.63, 3.8) is 0 Å². The van der Waals surface area contributed by atoms with Crippen LogP contribution in [-0.2, 0) is 0 Å². The Morgan fingerprint density at radius 2 is 1.90 bits per heavy atom. The van der Waals surface area contributed by atoms with Gasteiger partial charge in [0.1, 0.15) is 10.4 Å². The van der Waals surface area contributed by atoms with Gasteiger partial charge in [-0.2, -0.15) is 5.10 Å². The molecule has 2 aromatic heterocycles. The first-order chi connectivity index (χ1) is 9.58. The number of nitrogens with zero attached hydrogens (tertiary/aromatic N) is 3. The third kappa shape index (κ3) is 2.18. The van der Waals surface area contributed by atoms with E-state index in [1.807, 2.05) is 24.4 Å². The summed E-state index contributed by atoms with van der Waals surface area (Å²) in [6, 6.07) is 8.05. The molecule has 5 heteroatoms. The minimum Gasteiger partial charge on any atom is -0.496 e. The number of hydrogen-bond donors (Lipinski definition) is 0. The third-order valence-corrected chi connectivity index (χ3v) is 3.76. The number of ether oxygens (including phenoxy) is 1. The van der Waals surface area contributed by atoms with Crippen molar-refractivity contribution in [2.75, 3.05) is 7.11 Å². The molecule has 0 aliphatic heterocycles. The van der Waals surface area contributed by atoms with Crippen molar-refractivity contribution in [3.8, 4) is 17.0 Å². The first kappa shape index (κ1) is 13.1. The zero-order valence-electron chi connectivity index (χ0n) is 11.5. The number of hydrogen-bond acceptors (Lipinski definition) is 3. The smallest absolute Gasteiger partial charge is 0.154 e. The van der Waals surface area contributed by atoms with Crippen LogP contribution in [0.25, 0.3) is 16.9 Å². The van der Waals surface area contributed by atoms with Crippen molar-refractivity contribution in [2.24, 2.45) is 0 Å². The van der Waals surface area contributed by atoms with Gasteiger partial charge in [-0.25, -0.2) is 9.50 Å². The average Bonchev–Trinajstić information content (AvgIpc) is 2.80. The number of halogens is 1. The van der Waals surface area contributed by atoms with Crippen LogP contribution in [0.3, 0.4) is 0 Å². The van der Waals surface area contributed by atoms with E-state index < -0.39 is 0 Å². The lowest BCUT2D eigenvalue weighted by Crippen LogP contribution is -1.97. The van der Waals surface area contributed by atoms with E-state index in [4.69, 9.17) is 4.74 Å². The molecule has 1 aromatic carbocycles. The quantitative estimate of drug-likeness (QED) is 0.717. The first-order valence-corrected chi connectivity index (χ1v) is 7.05. The Morgan fingerprint density at radius 3 is 2.65 bits per heavy atom. The summed E-state index contributed by atoms with van der Waals surface area (Å²) in [6.45, 7) is 4.16. The summed E-state index contributed by atoms with van der Waals surface area (Å²) in [5, 5.41) is 4.59. The highest BCUT2D eigenvalue weighted by Gasteiger charge is 2.11. The van der Waals surface area contributed by atoms with Gasteiger partial charge in [0.15, 0.2) is 5.65 Å². The summed E-state index contributed by atoms with van der Waals surface area (Å²) in [6.07, 6.45) is 1.84. The summed E-state index contributed by atoms with van der Waals surface area (Å²) in [5.41, 5.74) is 5.08. The van der Waals surface area contributed by atoms with Gasteiger partial charge < -0.3 is 4.74 Å². The van der Waals surface area contributed by atoms with Crippen LogP contribution in [0.4, 0.5) is 0 Å². The molecule has 0 radical (unpaired) electrons. The predicted octanol–water partition coefficient (Wildman–Crippen LogP) is 3.78. The fourth-order valence-corrected chi connectivity index (χ4v) is 2.53. The van der Waals surface area contributed by atoms with Gasteiger partial charge in [0.05, 0.1) is 19.0 Å². The van der Waals surface area contributed by atoms with E-state index in [0.29, 0.717) is 0 Å². The average molecular weight is 332 g/mol. The van der Waals surface area contributed by atoms with Crippen LogP contribution < -0.4 is 4.74 Å². The van der Waals surface area contributed by atoms with Crippen molar-refractivity contribution in [1.82, 2.24) is 14.6 Å². The summed E-state index contributed by atoms with van der Waals surface area (Å²) >= 11 is 3.36. The molecule has 0 N–H and O–H groups in total. The Bertz CT molecular complexity index is 795. The highest BCUT2D eigenvalue weighted by molar-refractivity contribution is 9.10. The molecule has 0 spiro atoms. The second kappa shape index (κ2) is 4.90. The molecule has 20 heavy (non-hydrogen) atoms. The number of aromatic nitrogens is 3. The molecule has 102 valence electrons. The van der Waals surface area contributed by atoms with Gasteiger partial charge >= 0.3 is 0 Å². The van der Waals surface area contributed by atoms with E-state index in [-0.39, 0.29) is 0 Å². The van der Waals surface area contributed by atoms with Crippen LogP contribution in [0.1, 0.15) is 11.1 Å². The van der Waals surface area contributed by atoms with Crippen molar-refractivity contribution in [2.45, 2.75) is 13.8 Å². The first-order valence-electron chi connectivity index (χ1n) is 6.26. The van der Waals surface area contributed by atoms with Gasteiger partial charge in [-0.15, -0.1) is 0 Å². The molecular formula is C15H14BrN3O. The van der Waals surface area contributed by atoms with E-state index in [1.54, 1.807) is 11.6 Å². The van der Waals surface area contributed by atoms with Crippen molar-refractivity contribution in [3.05, 3.63) is 46.2 Å². The number of aryl methyl sites for hydroxylation is 2. The number of fused-ring (bicyclic) bond motifs is 1. The Labute approximate surface area is 125 Å². The summed E-state index contributed by atoms with van der Waals surface area (Å²) in [4.78, 5) is 4.31. The molecular weight excluding hydrogens is 318 g/mol. The van der Waals surface area contributed by atoms with E-state index in [2.05, 4.69) is 45.9 Å². The summed E-state index contributed by atoms with van der Waals surface area (Å²) < 4.78 is 8.01. The maximum absolute atomic E-state index is 5.48. The zero-order valence-corrected chi connectivity index (χ0v) is 13.1. The third-order valence-electron chi connectivity index (χ3n) is 3.38. The van der Waals surface area contributed by atoms with Gasteiger partial charge in [0.2, 0.25) is 0 Å². The minimum absolute atomic E-state index is 0.772. The Hall–Kier alpha value is -1.88. The SMILES string of the molecule is COc1cc(C)c(C)cc1-c1ccc2nc(Br)cn2n1. The maximum Gasteiger partial charge on any atom is 0.154 e. The zero-order chi connectivity index (χ0) is 14.3. The van der Waals surface area contributed by atoms with Gasteiger partial charge in [0, 0.05) is 5.56 Å². The Morgan fingerprint density at radius 1 is 1.15 bits per heavy atom. The van der Waals surface area contributed by atoms with Crippen LogP contribution in [0.2, 0.25) is 0 Å². The van der Waals surface area contributed by atoms with Crippen molar-refractivity contribution >= 4 is 21.6 Å². The fraction of sp³-hybridized carbons (Fsp3) is 0.200. The molecule has 3 aromatic rings. The maximum atomic E-state index is 5.48. The topological polar surface area (TPSA) is 39.4 Å². The molecule has 0 fully saturated rings. The second-order valence-electron chi connectivity index (χ2n) is 4.72. The largest absolute Gasteiger partial charge is 0.496 e. The molecule has 0 unspecified atom stereocenters. The van der Waals surface area contributed by atoms with E-state index >= 15 is 0 Å². The number of imidazole rings is 1. The lowest BCUT2D eigenvalue weighted by atomic mass is 10.0. The normalized spacial score (nSPS) is 11.0. The van der Waals surface area contributed by atoms with Crippen LogP contribution in [0, 0.1) is 13.8 Å². The minimum atomic E-state index is 0.772. The van der Waals surface area contributed by atoms with Crippen LogP contribution in [0.5, 0.6) is 5.75 Å². The molecule has 4 nitrogen and oxygen atoms in total. The van der Waals surface area contributed by atoms with Gasteiger partial charge in [-0.05, 0) is 65.2 Å². The molecule has 3 rings (SSSR count).